The standard InChI is InChI=1S/C26H26ClN3O2/c1-19-5-4-6-22(17-19)32-16-15-30-24-8-3-2-7-23(24)29-25(30)13-14-28-26(31)18-20-9-11-21(27)12-10-20/h2-12,17H,13-16,18H2,1H3,(H,28,31). The van der Waals surface area contributed by atoms with E-state index in [1.807, 2.05) is 48.5 Å². The molecule has 5 nitrogen and oxygen atoms in total. The molecule has 4 aromatic rings. The molecule has 1 amide bonds. The average Bonchev–Trinajstić information content (AvgIpc) is 3.13. The molecule has 0 saturated carbocycles. The highest BCUT2D eigenvalue weighted by atomic mass is 35.5. The molecule has 0 aliphatic heterocycles. The van der Waals surface area contributed by atoms with Crippen molar-refractivity contribution in [3.05, 3.63) is 94.8 Å². The predicted octanol–water partition coefficient (Wildman–Crippen LogP) is 4.98. The van der Waals surface area contributed by atoms with Crippen LogP contribution in [-0.2, 0) is 24.2 Å². The van der Waals surface area contributed by atoms with Gasteiger partial charge in [0.25, 0.3) is 0 Å². The fraction of sp³-hybridized carbons (Fsp3) is 0.231. The van der Waals surface area contributed by atoms with Gasteiger partial charge in [-0.15, -0.1) is 0 Å². The van der Waals surface area contributed by atoms with Gasteiger partial charge in [-0.2, -0.15) is 0 Å². The molecule has 0 fully saturated rings. The number of aromatic nitrogens is 2. The molecule has 4 rings (SSSR count). The second-order valence-electron chi connectivity index (χ2n) is 7.74. The van der Waals surface area contributed by atoms with E-state index in [0.717, 1.165) is 28.2 Å². The Morgan fingerprint density at radius 2 is 1.88 bits per heavy atom. The molecule has 0 aliphatic rings. The van der Waals surface area contributed by atoms with Gasteiger partial charge in [0, 0.05) is 18.0 Å². The lowest BCUT2D eigenvalue weighted by atomic mass is 10.1. The number of nitrogens with one attached hydrogen (secondary N) is 1. The number of nitrogens with zero attached hydrogens (tertiary/aromatic N) is 2. The van der Waals surface area contributed by atoms with Crippen molar-refractivity contribution in [1.29, 1.82) is 0 Å². The van der Waals surface area contributed by atoms with Crippen molar-refractivity contribution < 1.29 is 9.53 Å². The fourth-order valence-corrected chi connectivity index (χ4v) is 3.82. The van der Waals surface area contributed by atoms with Gasteiger partial charge in [-0.3, -0.25) is 4.79 Å². The molecule has 1 heterocycles. The first kappa shape index (κ1) is 21.9. The van der Waals surface area contributed by atoms with Crippen LogP contribution in [-0.4, -0.2) is 28.6 Å². The third-order valence-corrected chi connectivity index (χ3v) is 5.51. The Labute approximate surface area is 193 Å². The fourth-order valence-electron chi connectivity index (χ4n) is 3.69. The number of ether oxygens (including phenoxy) is 1. The molecule has 3 aromatic carbocycles. The zero-order valence-corrected chi connectivity index (χ0v) is 18.8. The zero-order valence-electron chi connectivity index (χ0n) is 18.1. The first-order valence-electron chi connectivity index (χ1n) is 10.7. The topological polar surface area (TPSA) is 56.1 Å². The number of carbonyl (C=O) groups excluding carboxylic acids is 1. The minimum absolute atomic E-state index is 0.0160. The van der Waals surface area contributed by atoms with E-state index in [4.69, 9.17) is 21.3 Å². The number of aryl methyl sites for hydroxylation is 1. The van der Waals surface area contributed by atoms with Crippen molar-refractivity contribution in [1.82, 2.24) is 14.9 Å². The van der Waals surface area contributed by atoms with Gasteiger partial charge in [-0.05, 0) is 54.4 Å². The minimum atomic E-state index is -0.0160. The maximum atomic E-state index is 12.3. The first-order chi connectivity index (χ1) is 15.6. The molecule has 1 N–H and O–H groups in total. The normalized spacial score (nSPS) is 10.9. The van der Waals surface area contributed by atoms with Crippen LogP contribution < -0.4 is 10.1 Å². The summed E-state index contributed by atoms with van der Waals surface area (Å²) in [6, 6.07) is 23.5. The van der Waals surface area contributed by atoms with Gasteiger partial charge in [0.05, 0.1) is 24.0 Å². The lowest BCUT2D eigenvalue weighted by molar-refractivity contribution is -0.120. The Balaban J connectivity index is 1.37. The number of rotatable bonds is 9. The molecule has 0 bridgehead atoms. The van der Waals surface area contributed by atoms with Gasteiger partial charge >= 0.3 is 0 Å². The van der Waals surface area contributed by atoms with Crippen LogP contribution in [0.15, 0.2) is 72.8 Å². The van der Waals surface area contributed by atoms with Crippen LogP contribution >= 0.6 is 11.6 Å². The van der Waals surface area contributed by atoms with Crippen LogP contribution in [0.2, 0.25) is 5.02 Å². The third kappa shape index (κ3) is 5.68. The second-order valence-corrected chi connectivity index (χ2v) is 8.17. The molecular formula is C26H26ClN3O2. The molecule has 0 spiro atoms. The monoisotopic (exact) mass is 447 g/mol. The van der Waals surface area contributed by atoms with Gasteiger partial charge < -0.3 is 14.6 Å². The van der Waals surface area contributed by atoms with Crippen molar-refractivity contribution in [3.8, 4) is 5.75 Å². The van der Waals surface area contributed by atoms with Gasteiger partial charge in [-0.1, -0.05) is 48.0 Å². The summed E-state index contributed by atoms with van der Waals surface area (Å²) in [6.45, 7) is 3.80. The highest BCUT2D eigenvalue weighted by Gasteiger charge is 2.11. The van der Waals surface area contributed by atoms with Gasteiger partial charge in [-0.25, -0.2) is 4.98 Å². The van der Waals surface area contributed by atoms with E-state index in [1.54, 1.807) is 12.1 Å². The minimum Gasteiger partial charge on any atom is -0.492 e. The van der Waals surface area contributed by atoms with Gasteiger partial charge in [0.2, 0.25) is 5.91 Å². The highest BCUT2D eigenvalue weighted by Crippen LogP contribution is 2.18. The summed E-state index contributed by atoms with van der Waals surface area (Å²) in [6.07, 6.45) is 0.976. The van der Waals surface area contributed by atoms with Crippen molar-refractivity contribution in [3.63, 3.8) is 0 Å². The maximum absolute atomic E-state index is 12.3. The number of fused-ring (bicyclic) bond motifs is 1. The summed E-state index contributed by atoms with van der Waals surface area (Å²) in [4.78, 5) is 17.1. The highest BCUT2D eigenvalue weighted by molar-refractivity contribution is 6.30. The first-order valence-corrected chi connectivity index (χ1v) is 11.1. The third-order valence-electron chi connectivity index (χ3n) is 5.26. The lowest BCUT2D eigenvalue weighted by Gasteiger charge is -2.12. The summed E-state index contributed by atoms with van der Waals surface area (Å²) in [5.74, 6) is 1.79. The second kappa shape index (κ2) is 10.3. The molecule has 1 aromatic heterocycles. The van der Waals surface area contributed by atoms with E-state index in [9.17, 15) is 4.79 Å². The number of imidazole rings is 1. The molecule has 0 radical (unpaired) electrons. The number of halogens is 1. The summed E-state index contributed by atoms with van der Waals surface area (Å²) in [5, 5.41) is 3.66. The summed E-state index contributed by atoms with van der Waals surface area (Å²) >= 11 is 5.91. The maximum Gasteiger partial charge on any atom is 0.224 e. The number of hydrogen-bond donors (Lipinski definition) is 1. The summed E-state index contributed by atoms with van der Waals surface area (Å²) < 4.78 is 8.13. The van der Waals surface area contributed by atoms with Crippen LogP contribution in [0.1, 0.15) is 17.0 Å². The largest absolute Gasteiger partial charge is 0.492 e. The van der Waals surface area contributed by atoms with E-state index >= 15 is 0 Å². The van der Waals surface area contributed by atoms with Gasteiger partial charge in [0.1, 0.15) is 18.2 Å². The zero-order chi connectivity index (χ0) is 22.3. The molecule has 0 saturated heterocycles. The summed E-state index contributed by atoms with van der Waals surface area (Å²) in [7, 11) is 0. The Hall–Kier alpha value is -3.31. The molecule has 164 valence electrons. The molecular weight excluding hydrogens is 422 g/mol. The van der Waals surface area contributed by atoms with Gasteiger partial charge in [0.15, 0.2) is 0 Å². The van der Waals surface area contributed by atoms with E-state index in [-0.39, 0.29) is 5.91 Å². The number of hydrogen-bond acceptors (Lipinski definition) is 3. The SMILES string of the molecule is Cc1cccc(OCCn2c(CCNC(=O)Cc3ccc(Cl)cc3)nc3ccccc32)c1. The Kier molecular flexibility index (Phi) is 7.07. The lowest BCUT2D eigenvalue weighted by Crippen LogP contribution is -2.28. The number of para-hydroxylation sites is 2. The molecule has 32 heavy (non-hydrogen) atoms. The molecule has 0 atom stereocenters. The van der Waals surface area contributed by atoms with Crippen molar-refractivity contribution in [2.24, 2.45) is 0 Å². The smallest absolute Gasteiger partial charge is 0.224 e. The van der Waals surface area contributed by atoms with E-state index in [0.29, 0.717) is 37.6 Å². The van der Waals surface area contributed by atoms with E-state index in [1.165, 1.54) is 5.56 Å². The number of benzene rings is 3. The van der Waals surface area contributed by atoms with Crippen LogP contribution in [0.5, 0.6) is 5.75 Å². The van der Waals surface area contributed by atoms with Crippen LogP contribution in [0.25, 0.3) is 11.0 Å². The Bertz CT molecular complexity index is 1200. The number of carbonyl (C=O) groups is 1. The Morgan fingerprint density at radius 3 is 2.69 bits per heavy atom. The van der Waals surface area contributed by atoms with Crippen LogP contribution in [0.4, 0.5) is 0 Å². The van der Waals surface area contributed by atoms with Crippen LogP contribution in [0, 0.1) is 6.92 Å². The van der Waals surface area contributed by atoms with Crippen LogP contribution in [0.3, 0.4) is 0 Å². The van der Waals surface area contributed by atoms with E-state index in [2.05, 4.69) is 28.9 Å². The van der Waals surface area contributed by atoms with Crippen molar-refractivity contribution >= 4 is 28.5 Å². The summed E-state index contributed by atoms with van der Waals surface area (Å²) in [5.41, 5.74) is 4.13. The Morgan fingerprint density at radius 1 is 1.06 bits per heavy atom. The number of amides is 1. The molecule has 0 aliphatic carbocycles. The quantitative estimate of drug-likeness (QED) is 0.393. The van der Waals surface area contributed by atoms with Crippen molar-refractivity contribution in [2.75, 3.05) is 13.2 Å². The van der Waals surface area contributed by atoms with E-state index < -0.39 is 0 Å². The molecule has 0 unspecified atom stereocenters. The average molecular weight is 448 g/mol. The predicted molar refractivity (Wildman–Crippen MR) is 128 cm³/mol. The molecule has 6 heteroatoms. The van der Waals surface area contributed by atoms with Crippen molar-refractivity contribution in [2.45, 2.75) is 26.3 Å².